The molecule has 4 aromatic rings. The molecule has 5 rings (SSSR count). The molecule has 0 radical (unpaired) electrons. The van der Waals surface area contributed by atoms with Crippen molar-refractivity contribution in [1.82, 2.24) is 0 Å². The lowest BCUT2D eigenvalue weighted by molar-refractivity contribution is -0.193. The van der Waals surface area contributed by atoms with Gasteiger partial charge < -0.3 is 24.1 Å². The highest BCUT2D eigenvalue weighted by atomic mass is 32.2. The van der Waals surface area contributed by atoms with Crippen molar-refractivity contribution in [3.8, 4) is 0 Å². The van der Waals surface area contributed by atoms with Crippen LogP contribution in [-0.2, 0) is 45.4 Å². The van der Waals surface area contributed by atoms with Crippen LogP contribution in [0.5, 0.6) is 0 Å². The predicted octanol–water partition coefficient (Wildman–Crippen LogP) is 7.13. The Kier molecular flexibility index (Phi) is 13.0. The van der Waals surface area contributed by atoms with E-state index in [4.69, 9.17) is 18.9 Å². The Labute approximate surface area is 263 Å². The summed E-state index contributed by atoms with van der Waals surface area (Å²) in [4.78, 5) is 0. The Morgan fingerprint density at radius 3 is 1.30 bits per heavy atom. The Bertz CT molecular complexity index is 1290. The van der Waals surface area contributed by atoms with Gasteiger partial charge in [-0.15, -0.1) is 23.5 Å². The molecule has 0 amide bonds. The van der Waals surface area contributed by atoms with Crippen molar-refractivity contribution in [2.45, 2.75) is 55.4 Å². The first-order chi connectivity index (χ1) is 21.3. The van der Waals surface area contributed by atoms with Crippen LogP contribution in [-0.4, -0.2) is 52.2 Å². The number of hydrogen-bond acceptors (Lipinski definition) is 7. The van der Waals surface area contributed by atoms with E-state index in [1.807, 2.05) is 121 Å². The molecule has 7 heteroatoms. The van der Waals surface area contributed by atoms with E-state index in [9.17, 15) is 5.11 Å². The molecule has 1 aliphatic rings. The molecule has 1 saturated heterocycles. The summed E-state index contributed by atoms with van der Waals surface area (Å²) in [6.45, 7) is 1.34. The first kappa shape index (κ1) is 31.8. The standard InChI is InChI=1S/C36H40O5S2/c37-23-32(38-24-28-13-5-1-6-14-28)33(39-25-29-15-7-2-8-16-29)34(40-26-30-17-9-3-10-18-30)35(36-42-21-22-43-36)41-27-31-19-11-4-12-20-31/h1-20,32-37H,21-27H2/t32-,33+,34+,35-/m1/s1. The van der Waals surface area contributed by atoms with Gasteiger partial charge in [0.05, 0.1) is 37.6 Å². The Balaban J connectivity index is 1.46. The van der Waals surface area contributed by atoms with Crippen molar-refractivity contribution in [3.05, 3.63) is 144 Å². The minimum Gasteiger partial charge on any atom is -0.394 e. The van der Waals surface area contributed by atoms with Gasteiger partial charge in [0, 0.05) is 11.5 Å². The molecule has 226 valence electrons. The van der Waals surface area contributed by atoms with E-state index >= 15 is 0 Å². The molecule has 0 spiro atoms. The molecule has 0 aromatic heterocycles. The monoisotopic (exact) mass is 616 g/mol. The molecule has 0 saturated carbocycles. The van der Waals surface area contributed by atoms with Crippen LogP contribution in [0.2, 0.25) is 0 Å². The third-order valence-electron chi connectivity index (χ3n) is 7.27. The van der Waals surface area contributed by atoms with E-state index in [-0.39, 0.29) is 17.3 Å². The van der Waals surface area contributed by atoms with Crippen molar-refractivity contribution in [2.75, 3.05) is 18.1 Å². The molecule has 5 nitrogen and oxygen atoms in total. The van der Waals surface area contributed by atoms with Crippen molar-refractivity contribution in [2.24, 2.45) is 0 Å². The molecule has 0 unspecified atom stereocenters. The van der Waals surface area contributed by atoms with Crippen LogP contribution in [0.15, 0.2) is 121 Å². The van der Waals surface area contributed by atoms with Crippen LogP contribution >= 0.6 is 23.5 Å². The van der Waals surface area contributed by atoms with E-state index < -0.39 is 18.3 Å². The van der Waals surface area contributed by atoms with Crippen LogP contribution in [0.25, 0.3) is 0 Å². The SMILES string of the molecule is OC[C@@H](OCc1ccccc1)[C@H](OCc1ccccc1)[C@H](OCc1ccccc1)[C@@H](OCc1ccccc1)C1SCCS1. The summed E-state index contributed by atoms with van der Waals surface area (Å²) >= 11 is 3.79. The van der Waals surface area contributed by atoms with Crippen molar-refractivity contribution in [1.29, 1.82) is 0 Å². The molecule has 1 heterocycles. The number of aliphatic hydroxyl groups is 1. The van der Waals surface area contributed by atoms with Crippen molar-refractivity contribution in [3.63, 3.8) is 0 Å². The van der Waals surface area contributed by atoms with Gasteiger partial charge in [-0.25, -0.2) is 0 Å². The minimum atomic E-state index is -0.635. The van der Waals surface area contributed by atoms with Gasteiger partial charge in [0.15, 0.2) is 0 Å². The third kappa shape index (κ3) is 9.95. The van der Waals surface area contributed by atoms with Gasteiger partial charge in [-0.3, -0.25) is 0 Å². The van der Waals surface area contributed by atoms with Crippen LogP contribution in [0.4, 0.5) is 0 Å². The number of ether oxygens (including phenoxy) is 4. The first-order valence-corrected chi connectivity index (χ1v) is 16.9. The Hall–Kier alpha value is -2.62. The fraction of sp³-hybridized carbons (Fsp3) is 0.333. The molecule has 4 atom stereocenters. The van der Waals surface area contributed by atoms with E-state index in [0.717, 1.165) is 33.8 Å². The Morgan fingerprint density at radius 2 is 0.884 bits per heavy atom. The molecule has 1 fully saturated rings. The second-order valence-corrected chi connectivity index (χ2v) is 13.2. The zero-order valence-corrected chi connectivity index (χ0v) is 25.9. The average molecular weight is 617 g/mol. The van der Waals surface area contributed by atoms with E-state index in [1.54, 1.807) is 0 Å². The predicted molar refractivity (Wildman–Crippen MR) is 176 cm³/mol. The molecular weight excluding hydrogens is 577 g/mol. The lowest BCUT2D eigenvalue weighted by Gasteiger charge is -2.39. The number of aliphatic hydroxyl groups excluding tert-OH is 1. The van der Waals surface area contributed by atoms with Crippen LogP contribution in [0.1, 0.15) is 22.3 Å². The van der Waals surface area contributed by atoms with Gasteiger partial charge in [0.2, 0.25) is 0 Å². The number of rotatable bonds is 17. The van der Waals surface area contributed by atoms with E-state index in [2.05, 4.69) is 24.3 Å². The summed E-state index contributed by atoms with van der Waals surface area (Å²) in [6.07, 6.45) is -2.05. The maximum atomic E-state index is 10.7. The molecule has 1 N–H and O–H groups in total. The molecule has 1 aliphatic heterocycles. The number of hydrogen-bond donors (Lipinski definition) is 1. The molecule has 0 aliphatic carbocycles. The summed E-state index contributed by atoms with van der Waals surface area (Å²) < 4.78 is 26.8. The van der Waals surface area contributed by atoms with Crippen molar-refractivity contribution >= 4 is 23.5 Å². The summed E-state index contributed by atoms with van der Waals surface area (Å²) in [6, 6.07) is 40.5. The zero-order valence-electron chi connectivity index (χ0n) is 24.3. The molecule has 43 heavy (non-hydrogen) atoms. The molecule has 0 bridgehead atoms. The van der Waals surface area contributed by atoms with Gasteiger partial charge in [0.25, 0.3) is 0 Å². The first-order valence-electron chi connectivity index (χ1n) is 14.8. The van der Waals surface area contributed by atoms with Gasteiger partial charge in [-0.1, -0.05) is 121 Å². The summed E-state index contributed by atoms with van der Waals surface area (Å²) in [7, 11) is 0. The van der Waals surface area contributed by atoms with Gasteiger partial charge in [0.1, 0.15) is 24.4 Å². The lowest BCUT2D eigenvalue weighted by atomic mass is 10.0. The van der Waals surface area contributed by atoms with E-state index in [0.29, 0.717) is 26.4 Å². The number of thioether (sulfide) groups is 2. The Morgan fingerprint density at radius 1 is 0.512 bits per heavy atom. The molecular formula is C36H40O5S2. The van der Waals surface area contributed by atoms with Gasteiger partial charge in [-0.2, -0.15) is 0 Å². The minimum absolute atomic E-state index is 0.153. The second-order valence-electron chi connectivity index (χ2n) is 10.4. The summed E-state index contributed by atoms with van der Waals surface area (Å²) in [5.41, 5.74) is 4.24. The molecule has 4 aromatic carbocycles. The summed E-state index contributed by atoms with van der Waals surface area (Å²) in [5, 5.41) is 10.7. The highest BCUT2D eigenvalue weighted by Crippen LogP contribution is 2.39. The topological polar surface area (TPSA) is 57.2 Å². The largest absolute Gasteiger partial charge is 0.394 e. The smallest absolute Gasteiger partial charge is 0.115 e. The van der Waals surface area contributed by atoms with E-state index in [1.165, 1.54) is 0 Å². The normalized spacial score (nSPS) is 16.5. The van der Waals surface area contributed by atoms with Crippen molar-refractivity contribution < 1.29 is 24.1 Å². The fourth-order valence-electron chi connectivity index (χ4n) is 5.01. The van der Waals surface area contributed by atoms with Gasteiger partial charge >= 0.3 is 0 Å². The van der Waals surface area contributed by atoms with Crippen LogP contribution in [0.3, 0.4) is 0 Å². The fourth-order valence-corrected chi connectivity index (χ4v) is 8.06. The van der Waals surface area contributed by atoms with Gasteiger partial charge in [-0.05, 0) is 22.3 Å². The second kappa shape index (κ2) is 17.6. The third-order valence-corrected chi connectivity index (χ3v) is 10.4. The maximum absolute atomic E-state index is 10.7. The highest BCUT2D eigenvalue weighted by Gasteiger charge is 2.43. The number of benzene rings is 4. The average Bonchev–Trinajstić information content (AvgIpc) is 3.61. The van der Waals surface area contributed by atoms with Crippen LogP contribution in [0, 0.1) is 0 Å². The van der Waals surface area contributed by atoms with Crippen LogP contribution < -0.4 is 0 Å². The lowest BCUT2D eigenvalue weighted by Crippen LogP contribution is -2.52. The quantitative estimate of drug-likeness (QED) is 0.136. The highest BCUT2D eigenvalue weighted by molar-refractivity contribution is 8.20. The maximum Gasteiger partial charge on any atom is 0.115 e. The zero-order chi connectivity index (χ0) is 29.5. The summed E-state index contributed by atoms with van der Waals surface area (Å²) in [5.74, 6) is 2.10.